The molecular weight excluding hydrogens is 146 g/mol. The van der Waals surface area contributed by atoms with Gasteiger partial charge in [-0.15, -0.1) is 0 Å². The van der Waals surface area contributed by atoms with Gasteiger partial charge in [0.05, 0.1) is 0 Å². The van der Waals surface area contributed by atoms with Crippen molar-refractivity contribution in [2.75, 3.05) is 13.6 Å². The molecule has 0 spiro atoms. The summed E-state index contributed by atoms with van der Waals surface area (Å²) in [5.41, 5.74) is 0. The van der Waals surface area contributed by atoms with Crippen LogP contribution < -0.4 is 0 Å². The van der Waals surface area contributed by atoms with Crippen LogP contribution in [-0.2, 0) is 0 Å². The molecule has 0 atom stereocenters. The fraction of sp³-hybridized carbons (Fsp3) is 0.818. The zero-order chi connectivity index (χ0) is 8.81. The molecule has 70 valence electrons. The summed E-state index contributed by atoms with van der Waals surface area (Å²) in [6.45, 7) is 3.22. The minimum Gasteiger partial charge on any atom is -0.300 e. The van der Waals surface area contributed by atoms with Crippen LogP contribution in [-0.4, -0.2) is 24.5 Å². The Hall–Kier alpha value is -0.300. The van der Waals surface area contributed by atoms with Gasteiger partial charge >= 0.3 is 0 Å². The van der Waals surface area contributed by atoms with E-state index in [0.29, 0.717) is 0 Å². The second-order valence-corrected chi connectivity index (χ2v) is 3.80. The molecule has 1 fully saturated rings. The van der Waals surface area contributed by atoms with E-state index in [-0.39, 0.29) is 0 Å². The van der Waals surface area contributed by atoms with E-state index >= 15 is 0 Å². The lowest BCUT2D eigenvalue weighted by Crippen LogP contribution is -2.33. The van der Waals surface area contributed by atoms with Gasteiger partial charge in [0.1, 0.15) is 0 Å². The van der Waals surface area contributed by atoms with Crippen LogP contribution >= 0.6 is 0 Å². The Kier molecular flexibility index (Phi) is 4.37. The van der Waals surface area contributed by atoms with Gasteiger partial charge in [0.2, 0.25) is 0 Å². The first-order valence-electron chi connectivity index (χ1n) is 5.16. The van der Waals surface area contributed by atoms with Crippen LogP contribution in [0.25, 0.3) is 0 Å². The lowest BCUT2D eigenvalue weighted by molar-refractivity contribution is 0.209. The molecule has 1 aliphatic carbocycles. The van der Waals surface area contributed by atoms with Crippen molar-refractivity contribution in [1.82, 2.24) is 4.90 Å². The molecule has 0 aromatic rings. The zero-order valence-electron chi connectivity index (χ0n) is 8.42. The maximum atomic E-state index is 2.49. The molecule has 0 N–H and O–H groups in total. The molecule has 0 unspecified atom stereocenters. The van der Waals surface area contributed by atoms with Gasteiger partial charge in [-0.2, -0.15) is 0 Å². The van der Waals surface area contributed by atoms with Gasteiger partial charge in [-0.25, -0.2) is 0 Å². The molecular formula is C11H21N. The molecule has 0 aliphatic heterocycles. The molecule has 1 saturated carbocycles. The smallest absolute Gasteiger partial charge is 0.0162 e. The Balaban J connectivity index is 2.24. The number of rotatable bonds is 3. The largest absolute Gasteiger partial charge is 0.300 e. The lowest BCUT2D eigenvalue weighted by Gasteiger charge is -2.30. The van der Waals surface area contributed by atoms with Crippen LogP contribution in [0.5, 0.6) is 0 Å². The van der Waals surface area contributed by atoms with E-state index in [4.69, 9.17) is 0 Å². The van der Waals surface area contributed by atoms with E-state index in [2.05, 4.69) is 31.0 Å². The van der Waals surface area contributed by atoms with E-state index < -0.39 is 0 Å². The van der Waals surface area contributed by atoms with Crippen molar-refractivity contribution >= 4 is 0 Å². The molecule has 12 heavy (non-hydrogen) atoms. The third-order valence-electron chi connectivity index (χ3n) is 2.83. The highest BCUT2D eigenvalue weighted by Gasteiger charge is 2.16. The zero-order valence-corrected chi connectivity index (χ0v) is 8.42. The van der Waals surface area contributed by atoms with Crippen molar-refractivity contribution in [2.45, 2.75) is 45.1 Å². The van der Waals surface area contributed by atoms with Crippen molar-refractivity contribution in [2.24, 2.45) is 0 Å². The molecule has 1 nitrogen and oxygen atoms in total. The van der Waals surface area contributed by atoms with Crippen LogP contribution in [0.1, 0.15) is 39.0 Å². The van der Waals surface area contributed by atoms with E-state index in [1.54, 1.807) is 0 Å². The predicted octanol–water partition coefficient (Wildman–Crippen LogP) is 2.83. The first-order valence-corrected chi connectivity index (χ1v) is 5.16. The number of hydrogen-bond acceptors (Lipinski definition) is 1. The third kappa shape index (κ3) is 2.98. The maximum Gasteiger partial charge on any atom is 0.0162 e. The summed E-state index contributed by atoms with van der Waals surface area (Å²) in [5, 5.41) is 0. The van der Waals surface area contributed by atoms with Crippen LogP contribution in [0.2, 0.25) is 0 Å². The predicted molar refractivity (Wildman–Crippen MR) is 54.3 cm³/mol. The van der Waals surface area contributed by atoms with Crippen LogP contribution in [0.4, 0.5) is 0 Å². The van der Waals surface area contributed by atoms with Gasteiger partial charge in [-0.05, 0) is 26.8 Å². The first-order chi connectivity index (χ1) is 5.84. The monoisotopic (exact) mass is 167 g/mol. The van der Waals surface area contributed by atoms with E-state index in [1.165, 1.54) is 32.1 Å². The summed E-state index contributed by atoms with van der Waals surface area (Å²) in [4.78, 5) is 2.49. The van der Waals surface area contributed by atoms with Crippen LogP contribution in [0.15, 0.2) is 12.2 Å². The summed E-state index contributed by atoms with van der Waals surface area (Å²) in [6, 6.07) is 0.856. The number of nitrogens with zero attached hydrogens (tertiary/aromatic N) is 1. The quantitative estimate of drug-likeness (QED) is 0.584. The summed E-state index contributed by atoms with van der Waals surface area (Å²) in [6.07, 6.45) is 11.5. The highest BCUT2D eigenvalue weighted by Crippen LogP contribution is 2.21. The van der Waals surface area contributed by atoms with Crippen molar-refractivity contribution in [3.63, 3.8) is 0 Å². The second kappa shape index (κ2) is 5.36. The minimum atomic E-state index is 0.856. The van der Waals surface area contributed by atoms with Crippen LogP contribution in [0.3, 0.4) is 0 Å². The summed E-state index contributed by atoms with van der Waals surface area (Å²) >= 11 is 0. The summed E-state index contributed by atoms with van der Waals surface area (Å²) < 4.78 is 0. The molecule has 1 rings (SSSR count). The summed E-state index contributed by atoms with van der Waals surface area (Å²) in [7, 11) is 2.25. The maximum absolute atomic E-state index is 2.49. The SMILES string of the molecule is C/C=C\CN(C)C1CCCCC1. The molecule has 0 heterocycles. The molecule has 0 aromatic heterocycles. The highest BCUT2D eigenvalue weighted by molar-refractivity contribution is 4.83. The number of allylic oxidation sites excluding steroid dienone is 1. The van der Waals surface area contributed by atoms with Gasteiger partial charge in [0.25, 0.3) is 0 Å². The van der Waals surface area contributed by atoms with Crippen molar-refractivity contribution < 1.29 is 0 Å². The Morgan fingerprint density at radius 3 is 2.50 bits per heavy atom. The Bertz CT molecular complexity index is 134. The minimum absolute atomic E-state index is 0.856. The first kappa shape index (κ1) is 9.79. The molecule has 0 aromatic carbocycles. The topological polar surface area (TPSA) is 3.24 Å². The van der Waals surface area contributed by atoms with Gasteiger partial charge < -0.3 is 0 Å². The molecule has 1 aliphatic rings. The summed E-state index contributed by atoms with van der Waals surface area (Å²) in [5.74, 6) is 0. The van der Waals surface area contributed by atoms with Crippen molar-refractivity contribution in [1.29, 1.82) is 0 Å². The Labute approximate surface area is 76.5 Å². The molecule has 0 amide bonds. The highest BCUT2D eigenvalue weighted by atomic mass is 15.1. The average Bonchev–Trinajstić information content (AvgIpc) is 2.15. The fourth-order valence-electron chi connectivity index (χ4n) is 1.94. The lowest BCUT2D eigenvalue weighted by atomic mass is 9.94. The average molecular weight is 167 g/mol. The van der Waals surface area contributed by atoms with E-state index in [1.807, 2.05) is 0 Å². The molecule has 0 radical (unpaired) electrons. The fourth-order valence-corrected chi connectivity index (χ4v) is 1.94. The molecule has 1 heteroatoms. The van der Waals surface area contributed by atoms with E-state index in [9.17, 15) is 0 Å². The Morgan fingerprint density at radius 2 is 1.92 bits per heavy atom. The van der Waals surface area contributed by atoms with Gasteiger partial charge in [0.15, 0.2) is 0 Å². The number of likely N-dealkylation sites (N-methyl/N-ethyl adjacent to an activating group) is 1. The Morgan fingerprint density at radius 1 is 1.25 bits per heavy atom. The standard InChI is InChI=1S/C11H21N/c1-3-4-10-12(2)11-8-6-5-7-9-11/h3-4,11H,5-10H2,1-2H3/b4-3-. The van der Waals surface area contributed by atoms with Crippen LogP contribution in [0, 0.1) is 0 Å². The normalized spacial score (nSPS) is 20.9. The van der Waals surface area contributed by atoms with E-state index in [0.717, 1.165) is 12.6 Å². The van der Waals surface area contributed by atoms with Gasteiger partial charge in [-0.3, -0.25) is 4.90 Å². The third-order valence-corrected chi connectivity index (χ3v) is 2.83. The van der Waals surface area contributed by atoms with Gasteiger partial charge in [0, 0.05) is 12.6 Å². The van der Waals surface area contributed by atoms with Crippen molar-refractivity contribution in [3.8, 4) is 0 Å². The number of hydrogen-bond donors (Lipinski definition) is 0. The van der Waals surface area contributed by atoms with Gasteiger partial charge in [-0.1, -0.05) is 31.4 Å². The molecule has 0 bridgehead atoms. The molecule has 0 saturated heterocycles. The van der Waals surface area contributed by atoms with Crippen molar-refractivity contribution in [3.05, 3.63) is 12.2 Å². The second-order valence-electron chi connectivity index (χ2n) is 3.80.